The minimum Gasteiger partial charge on any atom is -0.481 e. The van der Waals surface area contributed by atoms with Gasteiger partial charge in [-0.05, 0) is 0 Å². The van der Waals surface area contributed by atoms with Crippen LogP contribution in [0.25, 0.3) is 0 Å². The number of rotatable bonds is 4. The first kappa shape index (κ1) is 12.4. The summed E-state index contributed by atoms with van der Waals surface area (Å²) in [5.41, 5.74) is 4.29. The van der Waals surface area contributed by atoms with Crippen LogP contribution in [0.15, 0.2) is 0 Å². The fourth-order valence-electron chi connectivity index (χ4n) is 0.559. The van der Waals surface area contributed by atoms with Gasteiger partial charge in [0.25, 0.3) is 0 Å². The van der Waals surface area contributed by atoms with Crippen LogP contribution in [-0.4, -0.2) is 22.9 Å². The van der Waals surface area contributed by atoms with Crippen LogP contribution in [0.4, 0.5) is 0 Å². The molecule has 6 nitrogen and oxygen atoms in total. The fraction of sp³-hybridized carbons (Fsp3) is 0.625. The molecule has 0 saturated heterocycles. The zero-order chi connectivity index (χ0) is 11.1. The average Bonchev–Trinajstić information content (AvgIpc) is 2.10. The Hall–Kier alpha value is -1.59. The highest BCUT2D eigenvalue weighted by molar-refractivity contribution is 5.84. The summed E-state index contributed by atoms with van der Waals surface area (Å²) >= 11 is 0. The lowest BCUT2D eigenvalue weighted by Crippen LogP contribution is -2.43. The molecule has 0 unspecified atom stereocenters. The molecule has 0 rings (SSSR count). The van der Waals surface area contributed by atoms with Gasteiger partial charge in [-0.25, -0.2) is 0 Å². The van der Waals surface area contributed by atoms with Crippen molar-refractivity contribution in [3.63, 3.8) is 0 Å². The van der Waals surface area contributed by atoms with Gasteiger partial charge in [0.1, 0.15) is 0 Å². The van der Waals surface area contributed by atoms with Crippen LogP contribution in [0.2, 0.25) is 0 Å². The van der Waals surface area contributed by atoms with Gasteiger partial charge in [-0.2, -0.15) is 0 Å². The van der Waals surface area contributed by atoms with E-state index >= 15 is 0 Å². The molecule has 0 fully saturated rings. The van der Waals surface area contributed by atoms with Crippen LogP contribution < -0.4 is 10.9 Å². The van der Waals surface area contributed by atoms with Crippen LogP contribution in [0.3, 0.4) is 0 Å². The molecule has 0 aliphatic rings. The Kier molecular flexibility index (Phi) is 5.28. The van der Waals surface area contributed by atoms with Crippen molar-refractivity contribution in [2.45, 2.75) is 26.7 Å². The van der Waals surface area contributed by atoms with Gasteiger partial charge in [-0.1, -0.05) is 13.8 Å². The predicted octanol–water partition coefficient (Wildman–Crippen LogP) is -0.345. The van der Waals surface area contributed by atoms with Gasteiger partial charge in [-0.15, -0.1) is 0 Å². The molecule has 0 heterocycles. The zero-order valence-electron chi connectivity index (χ0n) is 8.16. The summed E-state index contributed by atoms with van der Waals surface area (Å²) in [7, 11) is 0. The normalized spacial score (nSPS) is 9.64. The van der Waals surface area contributed by atoms with Gasteiger partial charge < -0.3 is 5.11 Å². The Morgan fingerprint density at radius 3 is 2.14 bits per heavy atom. The minimum absolute atomic E-state index is 0.145. The fourth-order valence-corrected chi connectivity index (χ4v) is 0.559. The molecule has 0 bridgehead atoms. The third kappa shape index (κ3) is 5.99. The molecule has 0 aromatic rings. The second-order valence-electron chi connectivity index (χ2n) is 3.09. The molecule has 0 atom stereocenters. The SMILES string of the molecule is CC(C)C(=O)NNC(=O)CCC(=O)O. The van der Waals surface area contributed by atoms with Gasteiger partial charge >= 0.3 is 5.97 Å². The Morgan fingerprint density at radius 2 is 1.71 bits per heavy atom. The summed E-state index contributed by atoms with van der Waals surface area (Å²) in [6.07, 6.45) is -0.392. The first-order valence-corrected chi connectivity index (χ1v) is 4.24. The van der Waals surface area contributed by atoms with E-state index in [2.05, 4.69) is 10.9 Å². The molecule has 0 aliphatic carbocycles. The molecule has 2 amide bonds. The molecule has 0 saturated carbocycles. The second kappa shape index (κ2) is 5.95. The number of nitrogens with one attached hydrogen (secondary N) is 2. The maximum atomic E-state index is 10.9. The van der Waals surface area contributed by atoms with Crippen LogP contribution in [0.5, 0.6) is 0 Å². The monoisotopic (exact) mass is 202 g/mol. The molecule has 0 radical (unpaired) electrons. The van der Waals surface area contributed by atoms with E-state index in [0.29, 0.717) is 0 Å². The Bertz CT molecular complexity index is 237. The first-order chi connectivity index (χ1) is 6.43. The highest BCUT2D eigenvalue weighted by Crippen LogP contribution is 1.90. The number of hydrogen-bond donors (Lipinski definition) is 3. The van der Waals surface area contributed by atoms with Crippen molar-refractivity contribution < 1.29 is 19.5 Å². The smallest absolute Gasteiger partial charge is 0.303 e. The van der Waals surface area contributed by atoms with E-state index in [0.717, 1.165) is 0 Å². The summed E-state index contributed by atoms with van der Waals surface area (Å²) in [6, 6.07) is 0. The Balaban J connectivity index is 3.64. The first-order valence-electron chi connectivity index (χ1n) is 4.24. The van der Waals surface area contributed by atoms with Crippen molar-refractivity contribution >= 4 is 17.8 Å². The molecule has 0 aliphatic heterocycles. The molecule has 0 spiro atoms. The van der Waals surface area contributed by atoms with E-state index in [1.165, 1.54) is 0 Å². The van der Waals surface area contributed by atoms with Crippen molar-refractivity contribution in [2.75, 3.05) is 0 Å². The summed E-state index contributed by atoms with van der Waals surface area (Å²) in [4.78, 5) is 31.9. The predicted molar refractivity (Wildman–Crippen MR) is 48.0 cm³/mol. The molecular weight excluding hydrogens is 188 g/mol. The average molecular weight is 202 g/mol. The number of amides is 2. The number of aliphatic carboxylic acids is 1. The summed E-state index contributed by atoms with van der Waals surface area (Å²) < 4.78 is 0. The summed E-state index contributed by atoms with van der Waals surface area (Å²) in [5, 5.41) is 8.26. The molecule has 6 heteroatoms. The molecular formula is C8H14N2O4. The standard InChI is InChI=1S/C8H14N2O4/c1-5(2)8(14)10-9-6(11)3-4-7(12)13/h5H,3-4H2,1-2H3,(H,9,11)(H,10,14)(H,12,13). The lowest BCUT2D eigenvalue weighted by molar-refractivity contribution is -0.139. The number of carbonyl (C=O) groups is 3. The molecule has 0 aromatic carbocycles. The molecule has 3 N–H and O–H groups in total. The maximum Gasteiger partial charge on any atom is 0.303 e. The number of carbonyl (C=O) groups excluding carboxylic acids is 2. The van der Waals surface area contributed by atoms with E-state index < -0.39 is 11.9 Å². The van der Waals surface area contributed by atoms with E-state index in [-0.39, 0.29) is 24.7 Å². The van der Waals surface area contributed by atoms with Crippen LogP contribution >= 0.6 is 0 Å². The van der Waals surface area contributed by atoms with E-state index in [4.69, 9.17) is 5.11 Å². The van der Waals surface area contributed by atoms with Gasteiger partial charge in [0.05, 0.1) is 6.42 Å². The molecule has 0 aromatic heterocycles. The molecule has 14 heavy (non-hydrogen) atoms. The van der Waals surface area contributed by atoms with Crippen LogP contribution in [0, 0.1) is 5.92 Å². The van der Waals surface area contributed by atoms with Gasteiger partial charge in [0, 0.05) is 12.3 Å². The van der Waals surface area contributed by atoms with Crippen molar-refractivity contribution in [2.24, 2.45) is 5.92 Å². The Labute approximate surface area is 81.6 Å². The zero-order valence-corrected chi connectivity index (χ0v) is 8.16. The van der Waals surface area contributed by atoms with E-state index in [1.807, 2.05) is 0 Å². The van der Waals surface area contributed by atoms with Crippen molar-refractivity contribution in [1.82, 2.24) is 10.9 Å². The molecule has 80 valence electrons. The highest BCUT2D eigenvalue weighted by atomic mass is 16.4. The number of hydrazine groups is 1. The maximum absolute atomic E-state index is 10.9. The topological polar surface area (TPSA) is 95.5 Å². The lowest BCUT2D eigenvalue weighted by Gasteiger charge is -2.08. The summed E-state index contributed by atoms with van der Waals surface area (Å²) in [6.45, 7) is 3.36. The van der Waals surface area contributed by atoms with Gasteiger partial charge in [-0.3, -0.25) is 25.2 Å². The van der Waals surface area contributed by atoms with Crippen molar-refractivity contribution in [1.29, 1.82) is 0 Å². The van der Waals surface area contributed by atoms with Crippen LogP contribution in [-0.2, 0) is 14.4 Å². The van der Waals surface area contributed by atoms with Crippen molar-refractivity contribution in [3.8, 4) is 0 Å². The number of hydrogen-bond acceptors (Lipinski definition) is 3. The van der Waals surface area contributed by atoms with E-state index in [1.54, 1.807) is 13.8 Å². The summed E-state index contributed by atoms with van der Waals surface area (Å²) in [5.74, 6) is -2.10. The Morgan fingerprint density at radius 1 is 1.14 bits per heavy atom. The third-order valence-electron chi connectivity index (χ3n) is 1.42. The van der Waals surface area contributed by atoms with Crippen LogP contribution in [0.1, 0.15) is 26.7 Å². The van der Waals surface area contributed by atoms with E-state index in [9.17, 15) is 14.4 Å². The lowest BCUT2D eigenvalue weighted by atomic mass is 10.2. The number of carboxylic acids is 1. The largest absolute Gasteiger partial charge is 0.481 e. The van der Waals surface area contributed by atoms with Gasteiger partial charge in [0.2, 0.25) is 11.8 Å². The van der Waals surface area contributed by atoms with Crippen molar-refractivity contribution in [3.05, 3.63) is 0 Å². The third-order valence-corrected chi connectivity index (χ3v) is 1.42. The highest BCUT2D eigenvalue weighted by Gasteiger charge is 2.08. The number of carboxylic acid groups (broad SMARTS) is 1. The van der Waals surface area contributed by atoms with Gasteiger partial charge in [0.15, 0.2) is 0 Å². The second-order valence-corrected chi connectivity index (χ2v) is 3.09. The minimum atomic E-state index is -1.05. The quantitative estimate of drug-likeness (QED) is 0.543.